The first-order valence-corrected chi connectivity index (χ1v) is 11.8. The zero-order valence-corrected chi connectivity index (χ0v) is 20.8. The van der Waals surface area contributed by atoms with Crippen LogP contribution < -0.4 is 0 Å². The van der Waals surface area contributed by atoms with Gasteiger partial charge < -0.3 is 5.11 Å². The number of phenolic OH excluding ortho intramolecular Hbond substituents is 1. The minimum atomic E-state index is -0.484. The Kier molecular flexibility index (Phi) is 6.71. The molecule has 0 radical (unpaired) electrons. The molecule has 0 saturated carbocycles. The second-order valence-electron chi connectivity index (χ2n) is 9.82. The highest BCUT2D eigenvalue weighted by molar-refractivity contribution is 5.62. The van der Waals surface area contributed by atoms with Crippen molar-refractivity contribution in [1.29, 1.82) is 0 Å². The number of para-hydroxylation sites is 1. The zero-order chi connectivity index (χ0) is 25.9. The van der Waals surface area contributed by atoms with Gasteiger partial charge >= 0.3 is 0 Å². The summed E-state index contributed by atoms with van der Waals surface area (Å²) in [5.41, 5.74) is 3.04. The van der Waals surface area contributed by atoms with Crippen molar-refractivity contribution in [2.24, 2.45) is 10.2 Å². The molecule has 0 aliphatic carbocycles. The summed E-state index contributed by atoms with van der Waals surface area (Å²) in [5, 5.41) is 31.3. The number of hydrogen-bond acceptors (Lipinski definition) is 5. The molecule has 0 fully saturated rings. The van der Waals surface area contributed by atoms with E-state index >= 15 is 0 Å². The minimum Gasteiger partial charge on any atom is -0.505 e. The highest BCUT2D eigenvalue weighted by atomic mass is 16.6. The second kappa shape index (κ2) is 9.74. The summed E-state index contributed by atoms with van der Waals surface area (Å²) >= 11 is 0. The molecule has 4 aromatic carbocycles. The van der Waals surface area contributed by atoms with E-state index in [2.05, 4.69) is 24.1 Å². The van der Waals surface area contributed by atoms with E-state index in [-0.39, 0.29) is 22.8 Å². The lowest BCUT2D eigenvalue weighted by molar-refractivity contribution is -0.384. The molecule has 0 heterocycles. The van der Waals surface area contributed by atoms with Crippen LogP contribution in [0.4, 0.5) is 17.1 Å². The Balaban J connectivity index is 1.75. The number of hydrogen-bond donors (Lipinski definition) is 1. The van der Waals surface area contributed by atoms with Crippen LogP contribution in [0.1, 0.15) is 49.9 Å². The highest BCUT2D eigenvalue weighted by Gasteiger charge is 2.28. The van der Waals surface area contributed by atoms with Gasteiger partial charge in [-0.2, -0.15) is 0 Å². The lowest BCUT2D eigenvalue weighted by Gasteiger charge is -2.27. The van der Waals surface area contributed by atoms with Gasteiger partial charge in [0.15, 0.2) is 5.69 Å². The molecule has 0 aliphatic rings. The van der Waals surface area contributed by atoms with Gasteiger partial charge in [0, 0.05) is 22.5 Å². The molecule has 0 aliphatic heterocycles. The fraction of sp³-hybridized carbons (Fsp3) is 0.200. The van der Waals surface area contributed by atoms with Gasteiger partial charge in [-0.3, -0.25) is 10.1 Å². The summed E-state index contributed by atoms with van der Waals surface area (Å²) in [7, 11) is 0. The Bertz CT molecular complexity index is 1410. The van der Waals surface area contributed by atoms with Crippen LogP contribution in [0.2, 0.25) is 0 Å². The Morgan fingerprint density at radius 2 is 1.22 bits per heavy atom. The zero-order valence-electron chi connectivity index (χ0n) is 20.8. The van der Waals surface area contributed by atoms with Gasteiger partial charge in [-0.1, -0.05) is 107 Å². The topological polar surface area (TPSA) is 88.1 Å². The fourth-order valence-electron chi connectivity index (χ4n) is 4.40. The van der Waals surface area contributed by atoms with E-state index in [0.29, 0.717) is 5.56 Å². The number of phenols is 1. The average molecular weight is 480 g/mol. The van der Waals surface area contributed by atoms with Crippen LogP contribution in [0.15, 0.2) is 107 Å². The normalized spacial score (nSPS) is 12.1. The van der Waals surface area contributed by atoms with Crippen molar-refractivity contribution in [3.8, 4) is 5.75 Å². The van der Waals surface area contributed by atoms with Gasteiger partial charge in [0.25, 0.3) is 5.69 Å². The Labute approximate surface area is 211 Å². The summed E-state index contributed by atoms with van der Waals surface area (Å²) in [6.07, 6.45) is 0. The van der Waals surface area contributed by atoms with Gasteiger partial charge in [0.2, 0.25) is 0 Å². The molecule has 4 aromatic rings. The smallest absolute Gasteiger partial charge is 0.296 e. The van der Waals surface area contributed by atoms with E-state index in [9.17, 15) is 15.2 Å². The lowest BCUT2D eigenvalue weighted by atomic mass is 9.77. The Morgan fingerprint density at radius 3 is 1.81 bits per heavy atom. The number of aromatic hydroxyl groups is 1. The molecular weight excluding hydrogens is 450 g/mol. The van der Waals surface area contributed by atoms with Crippen molar-refractivity contribution in [2.75, 3.05) is 0 Å². The SMILES string of the molecule is CC(C)(c1ccccc1)c1ccc([N+](=O)[O-])c(N=Nc2cccc(C(C)(C)c3ccccc3)c2O)c1. The quantitative estimate of drug-likeness (QED) is 0.164. The van der Waals surface area contributed by atoms with Crippen LogP contribution in [-0.2, 0) is 10.8 Å². The standard InChI is InChI=1S/C30H29N3O3/c1-29(2,21-12-7-5-8-13-21)23-18-19-27(33(35)36)26(20-23)32-31-25-17-11-16-24(28(25)34)30(3,4)22-14-9-6-10-15-22/h5-20,34H,1-4H3. The van der Waals surface area contributed by atoms with Crippen LogP contribution in [-0.4, -0.2) is 10.0 Å². The van der Waals surface area contributed by atoms with E-state index in [0.717, 1.165) is 16.7 Å². The Morgan fingerprint density at radius 1 is 0.667 bits per heavy atom. The van der Waals surface area contributed by atoms with Gasteiger partial charge in [-0.15, -0.1) is 10.2 Å². The maximum Gasteiger partial charge on any atom is 0.296 e. The largest absolute Gasteiger partial charge is 0.505 e. The van der Waals surface area contributed by atoms with Gasteiger partial charge in [0.05, 0.1) is 4.92 Å². The van der Waals surface area contributed by atoms with Crippen molar-refractivity contribution in [3.63, 3.8) is 0 Å². The van der Waals surface area contributed by atoms with E-state index in [1.807, 2.05) is 80.6 Å². The number of azo groups is 1. The number of benzene rings is 4. The Hall–Kier alpha value is -4.32. The molecule has 36 heavy (non-hydrogen) atoms. The van der Waals surface area contributed by atoms with Crippen LogP contribution >= 0.6 is 0 Å². The molecular formula is C30H29N3O3. The van der Waals surface area contributed by atoms with Gasteiger partial charge in [-0.25, -0.2) is 0 Å². The van der Waals surface area contributed by atoms with E-state index in [1.165, 1.54) is 6.07 Å². The lowest BCUT2D eigenvalue weighted by Crippen LogP contribution is -2.18. The molecule has 6 heteroatoms. The molecule has 0 aromatic heterocycles. The third kappa shape index (κ3) is 4.75. The molecule has 6 nitrogen and oxygen atoms in total. The van der Waals surface area contributed by atoms with Crippen molar-refractivity contribution in [3.05, 3.63) is 129 Å². The van der Waals surface area contributed by atoms with E-state index in [4.69, 9.17) is 0 Å². The second-order valence-corrected chi connectivity index (χ2v) is 9.82. The molecule has 1 N–H and O–H groups in total. The van der Waals surface area contributed by atoms with Gasteiger partial charge in [0.1, 0.15) is 11.4 Å². The maximum atomic E-state index is 11.7. The highest BCUT2D eigenvalue weighted by Crippen LogP contribution is 2.43. The molecule has 4 rings (SSSR count). The summed E-state index contributed by atoms with van der Waals surface area (Å²) < 4.78 is 0. The van der Waals surface area contributed by atoms with Crippen LogP contribution in [0.5, 0.6) is 5.75 Å². The molecule has 182 valence electrons. The maximum absolute atomic E-state index is 11.7. The summed E-state index contributed by atoms with van der Waals surface area (Å²) in [6.45, 7) is 8.17. The third-order valence-corrected chi connectivity index (χ3v) is 6.84. The van der Waals surface area contributed by atoms with E-state index < -0.39 is 15.8 Å². The van der Waals surface area contributed by atoms with E-state index in [1.54, 1.807) is 24.3 Å². The predicted octanol–water partition coefficient (Wildman–Crippen LogP) is 8.37. The average Bonchev–Trinajstić information content (AvgIpc) is 2.88. The van der Waals surface area contributed by atoms with Crippen LogP contribution in [0, 0.1) is 10.1 Å². The van der Waals surface area contributed by atoms with Gasteiger partial charge in [-0.05, 0) is 28.8 Å². The molecule has 0 spiro atoms. The summed E-state index contributed by atoms with van der Waals surface area (Å²) in [4.78, 5) is 11.3. The van der Waals surface area contributed by atoms with Crippen LogP contribution in [0.25, 0.3) is 0 Å². The fourth-order valence-corrected chi connectivity index (χ4v) is 4.40. The van der Waals surface area contributed by atoms with Crippen molar-refractivity contribution in [2.45, 2.75) is 38.5 Å². The first-order chi connectivity index (χ1) is 17.1. The summed E-state index contributed by atoms with van der Waals surface area (Å²) in [5.74, 6) is -0.00136. The van der Waals surface area contributed by atoms with Crippen molar-refractivity contribution < 1.29 is 10.0 Å². The monoisotopic (exact) mass is 479 g/mol. The minimum absolute atomic E-state index is 0.00136. The van der Waals surface area contributed by atoms with Crippen molar-refractivity contribution >= 4 is 17.1 Å². The summed E-state index contributed by atoms with van der Waals surface area (Å²) in [6, 6.07) is 30.1. The molecule has 0 unspecified atom stereocenters. The predicted molar refractivity (Wildman–Crippen MR) is 143 cm³/mol. The first kappa shape index (κ1) is 24.8. The number of rotatable bonds is 7. The number of nitro benzene ring substituents is 1. The molecule has 0 bridgehead atoms. The molecule has 0 atom stereocenters. The number of nitro groups is 1. The molecule has 0 saturated heterocycles. The first-order valence-electron chi connectivity index (χ1n) is 11.8. The molecule has 0 amide bonds. The van der Waals surface area contributed by atoms with Crippen molar-refractivity contribution in [1.82, 2.24) is 0 Å². The third-order valence-electron chi connectivity index (χ3n) is 6.84. The number of nitrogens with zero attached hydrogens (tertiary/aromatic N) is 3. The van der Waals surface area contributed by atoms with Crippen LogP contribution in [0.3, 0.4) is 0 Å².